The Labute approximate surface area is 252 Å². The van der Waals surface area contributed by atoms with E-state index in [1.807, 2.05) is 65.7 Å². The maximum absolute atomic E-state index is 13.9. The van der Waals surface area contributed by atoms with Crippen molar-refractivity contribution in [2.45, 2.75) is 25.9 Å². The zero-order valence-electron chi connectivity index (χ0n) is 22.6. The summed E-state index contributed by atoms with van der Waals surface area (Å²) in [5.74, 6) is -0.124. The molecule has 0 bridgehead atoms. The second-order valence-electron chi connectivity index (χ2n) is 10.3. The molecule has 0 aliphatic carbocycles. The number of piperidine rings is 1. The fourth-order valence-corrected chi connectivity index (χ4v) is 5.62. The maximum Gasteiger partial charge on any atom is 0.254 e. The lowest BCUT2D eigenvalue weighted by molar-refractivity contribution is 0.0661. The highest BCUT2D eigenvalue weighted by atomic mass is 35.5. The Morgan fingerprint density at radius 3 is 2.67 bits per heavy atom. The van der Waals surface area contributed by atoms with E-state index >= 15 is 0 Å². The number of nitrogens with one attached hydrogen (secondary N) is 1. The molecule has 1 aliphatic heterocycles. The van der Waals surface area contributed by atoms with Crippen LogP contribution in [0.15, 0.2) is 79.1 Å². The minimum atomic E-state index is -0.327. The first-order chi connectivity index (χ1) is 20.4. The average molecular weight is 601 g/mol. The Bertz CT molecular complexity index is 1760. The number of carbonyl (C=O) groups excluding carboxylic acids is 2. The number of likely N-dealkylation sites (tertiary alicyclic amines) is 1. The molecule has 1 aliphatic rings. The fraction of sp³-hybridized carbons (Fsp3) is 0.226. The Morgan fingerprint density at radius 2 is 1.83 bits per heavy atom. The van der Waals surface area contributed by atoms with Crippen LogP contribution in [0.1, 0.15) is 39.3 Å². The summed E-state index contributed by atoms with van der Waals surface area (Å²) in [5, 5.41) is 12.9. The van der Waals surface area contributed by atoms with Gasteiger partial charge in [0.2, 0.25) is 0 Å². The number of benzene rings is 2. The van der Waals surface area contributed by atoms with E-state index in [2.05, 4.69) is 20.6 Å². The van der Waals surface area contributed by atoms with Crippen LogP contribution in [0.25, 0.3) is 22.2 Å². The minimum Gasteiger partial charge on any atom is -0.346 e. The summed E-state index contributed by atoms with van der Waals surface area (Å²) in [4.78, 5) is 37.0. The molecule has 11 heteroatoms. The molecule has 4 heterocycles. The van der Waals surface area contributed by atoms with E-state index in [0.29, 0.717) is 41.5 Å². The van der Waals surface area contributed by atoms with Gasteiger partial charge in [-0.05, 0) is 55.2 Å². The highest BCUT2D eigenvalue weighted by molar-refractivity contribution is 6.32. The van der Waals surface area contributed by atoms with E-state index < -0.39 is 0 Å². The zero-order chi connectivity index (χ0) is 29.1. The van der Waals surface area contributed by atoms with Crippen LogP contribution < -0.4 is 5.32 Å². The molecule has 1 N–H and O–H groups in total. The van der Waals surface area contributed by atoms with Crippen molar-refractivity contribution in [3.8, 4) is 11.3 Å². The van der Waals surface area contributed by atoms with Gasteiger partial charge in [0.15, 0.2) is 0 Å². The summed E-state index contributed by atoms with van der Waals surface area (Å²) >= 11 is 12.1. The van der Waals surface area contributed by atoms with Crippen molar-refractivity contribution in [2.24, 2.45) is 5.92 Å². The monoisotopic (exact) mass is 599 g/mol. The van der Waals surface area contributed by atoms with Crippen LogP contribution in [-0.4, -0.2) is 54.8 Å². The van der Waals surface area contributed by atoms with Crippen molar-refractivity contribution in [1.82, 2.24) is 35.2 Å². The van der Waals surface area contributed by atoms with Crippen LogP contribution >= 0.6 is 23.2 Å². The predicted octanol–water partition coefficient (Wildman–Crippen LogP) is 5.68. The molecule has 1 atom stereocenters. The molecule has 1 fully saturated rings. The highest BCUT2D eigenvalue weighted by Crippen LogP contribution is 2.28. The van der Waals surface area contributed by atoms with E-state index in [1.54, 1.807) is 16.8 Å². The molecule has 42 heavy (non-hydrogen) atoms. The van der Waals surface area contributed by atoms with E-state index in [9.17, 15) is 9.59 Å². The second-order valence-corrected chi connectivity index (χ2v) is 11.1. The fourth-order valence-electron chi connectivity index (χ4n) is 5.28. The van der Waals surface area contributed by atoms with Gasteiger partial charge in [-0.1, -0.05) is 58.7 Å². The van der Waals surface area contributed by atoms with Gasteiger partial charge in [0, 0.05) is 41.8 Å². The van der Waals surface area contributed by atoms with Crippen molar-refractivity contribution in [3.63, 3.8) is 0 Å². The van der Waals surface area contributed by atoms with E-state index in [1.165, 1.54) is 6.20 Å². The SMILES string of the molecule is O=C(NCc1cn(CC2CCCN(C(=O)c3cc(-c4ccc(Cl)cc4)nc4ccccc34)C2)nn1)c1cccnc1Cl. The van der Waals surface area contributed by atoms with Gasteiger partial charge in [-0.25, -0.2) is 9.97 Å². The number of hydrogen-bond donors (Lipinski definition) is 1. The van der Waals surface area contributed by atoms with Crippen LogP contribution in [0.4, 0.5) is 0 Å². The lowest BCUT2D eigenvalue weighted by atomic mass is 9.96. The van der Waals surface area contributed by atoms with Crippen LogP contribution in [0.3, 0.4) is 0 Å². The van der Waals surface area contributed by atoms with Gasteiger partial charge in [0.25, 0.3) is 11.8 Å². The molecule has 2 aromatic carbocycles. The molecule has 2 amide bonds. The van der Waals surface area contributed by atoms with Crippen LogP contribution in [-0.2, 0) is 13.1 Å². The smallest absolute Gasteiger partial charge is 0.254 e. The number of amides is 2. The van der Waals surface area contributed by atoms with Crippen molar-refractivity contribution >= 4 is 45.9 Å². The Hall–Kier alpha value is -4.34. The number of fused-ring (bicyclic) bond motifs is 1. The number of aromatic nitrogens is 5. The number of halogens is 2. The molecular weight excluding hydrogens is 573 g/mol. The van der Waals surface area contributed by atoms with Crippen LogP contribution in [0.5, 0.6) is 0 Å². The largest absolute Gasteiger partial charge is 0.346 e. The maximum atomic E-state index is 13.9. The van der Waals surface area contributed by atoms with Gasteiger partial charge < -0.3 is 10.2 Å². The molecule has 9 nitrogen and oxygen atoms in total. The van der Waals surface area contributed by atoms with Crippen molar-refractivity contribution < 1.29 is 9.59 Å². The highest BCUT2D eigenvalue weighted by Gasteiger charge is 2.27. The quantitative estimate of drug-likeness (QED) is 0.241. The lowest BCUT2D eigenvalue weighted by Gasteiger charge is -2.33. The standard InChI is InChI=1S/C31H27Cl2N7O2/c32-22-11-9-21(10-12-22)28-15-26(24-6-1-2-8-27(24)36-28)31(42)39-14-4-5-20(17-39)18-40-19-23(37-38-40)16-35-30(41)25-7-3-13-34-29(25)33/h1-3,6-13,15,19-20H,4-5,14,16-18H2,(H,35,41). The molecule has 0 saturated carbocycles. The molecular formula is C31H27Cl2N7O2. The number of carbonyl (C=O) groups is 2. The van der Waals surface area contributed by atoms with Gasteiger partial charge in [-0.2, -0.15) is 0 Å². The van der Waals surface area contributed by atoms with Crippen molar-refractivity contribution in [1.29, 1.82) is 0 Å². The lowest BCUT2D eigenvalue weighted by Crippen LogP contribution is -2.41. The third kappa shape index (κ3) is 6.12. The molecule has 0 spiro atoms. The number of pyridine rings is 2. The molecule has 212 valence electrons. The number of nitrogens with zero attached hydrogens (tertiary/aromatic N) is 6. The number of hydrogen-bond acceptors (Lipinski definition) is 6. The van der Waals surface area contributed by atoms with E-state index in [-0.39, 0.29) is 29.4 Å². The van der Waals surface area contributed by atoms with Gasteiger partial charge in [-0.15, -0.1) is 5.10 Å². The second kappa shape index (κ2) is 12.3. The molecule has 0 radical (unpaired) electrons. The summed E-state index contributed by atoms with van der Waals surface area (Å²) in [6.07, 6.45) is 5.22. The first-order valence-corrected chi connectivity index (χ1v) is 14.4. The van der Waals surface area contributed by atoms with E-state index in [0.717, 1.165) is 35.0 Å². The topological polar surface area (TPSA) is 106 Å². The Morgan fingerprint density at radius 1 is 1.00 bits per heavy atom. The van der Waals surface area contributed by atoms with Gasteiger partial charge >= 0.3 is 0 Å². The van der Waals surface area contributed by atoms with Crippen molar-refractivity contribution in [2.75, 3.05) is 13.1 Å². The first-order valence-electron chi connectivity index (χ1n) is 13.7. The van der Waals surface area contributed by atoms with Crippen LogP contribution in [0, 0.1) is 5.92 Å². The minimum absolute atomic E-state index is 0.00966. The van der Waals surface area contributed by atoms with Crippen LogP contribution in [0.2, 0.25) is 10.2 Å². The van der Waals surface area contributed by atoms with Gasteiger partial charge in [0.1, 0.15) is 10.8 Å². The molecule has 1 saturated heterocycles. The summed E-state index contributed by atoms with van der Waals surface area (Å²) in [7, 11) is 0. The summed E-state index contributed by atoms with van der Waals surface area (Å²) in [5.41, 5.74) is 3.98. The summed E-state index contributed by atoms with van der Waals surface area (Å²) in [6.45, 7) is 2.13. The first kappa shape index (κ1) is 27.8. The summed E-state index contributed by atoms with van der Waals surface area (Å²) < 4.78 is 1.78. The summed E-state index contributed by atoms with van der Waals surface area (Å²) in [6, 6.07) is 20.4. The Kier molecular flexibility index (Phi) is 8.12. The molecule has 6 rings (SSSR count). The van der Waals surface area contributed by atoms with Gasteiger partial charge in [0.05, 0.1) is 35.1 Å². The molecule has 1 unspecified atom stereocenters. The normalized spacial score (nSPS) is 15.1. The number of rotatable bonds is 7. The average Bonchev–Trinajstić information content (AvgIpc) is 3.46. The zero-order valence-corrected chi connectivity index (χ0v) is 24.1. The molecule has 5 aromatic rings. The van der Waals surface area contributed by atoms with E-state index in [4.69, 9.17) is 28.2 Å². The number of para-hydroxylation sites is 1. The van der Waals surface area contributed by atoms with Gasteiger partial charge in [-0.3, -0.25) is 14.3 Å². The third-order valence-electron chi connectivity index (χ3n) is 7.36. The molecule has 3 aromatic heterocycles. The Balaban J connectivity index is 1.14. The van der Waals surface area contributed by atoms with Crippen molar-refractivity contribution in [3.05, 3.63) is 106 Å². The predicted molar refractivity (Wildman–Crippen MR) is 161 cm³/mol. The third-order valence-corrected chi connectivity index (χ3v) is 7.91.